The number of rotatable bonds is 6. The standard InChI is InChI=1S/C15H25NOS.ClH/c1-10(2)12(4)16-9-14(17)13-6-7-15(18-5)11(3)8-13;/h6-8,10,12,14,16-17H,9H2,1-5H3;1H. The fraction of sp³-hybridized carbons (Fsp3) is 0.600. The molecule has 0 aliphatic rings. The first kappa shape index (κ1) is 18.8. The number of thioether (sulfide) groups is 1. The smallest absolute Gasteiger partial charge is 0.0914 e. The van der Waals surface area contributed by atoms with Crippen molar-refractivity contribution in [2.45, 2.75) is 44.7 Å². The van der Waals surface area contributed by atoms with E-state index in [0.29, 0.717) is 18.5 Å². The number of aliphatic hydroxyl groups excluding tert-OH is 1. The maximum Gasteiger partial charge on any atom is 0.0914 e. The first-order valence-electron chi connectivity index (χ1n) is 6.51. The van der Waals surface area contributed by atoms with Crippen molar-refractivity contribution in [3.8, 4) is 0 Å². The quantitative estimate of drug-likeness (QED) is 0.784. The molecule has 2 atom stereocenters. The van der Waals surface area contributed by atoms with Gasteiger partial charge in [0.1, 0.15) is 0 Å². The van der Waals surface area contributed by atoms with Gasteiger partial charge >= 0.3 is 0 Å². The monoisotopic (exact) mass is 303 g/mol. The van der Waals surface area contributed by atoms with Gasteiger partial charge in [-0.1, -0.05) is 26.0 Å². The Balaban J connectivity index is 0.00000324. The summed E-state index contributed by atoms with van der Waals surface area (Å²) in [5, 5.41) is 13.5. The largest absolute Gasteiger partial charge is 0.387 e. The van der Waals surface area contributed by atoms with Crippen LogP contribution in [0, 0.1) is 12.8 Å². The normalized spacial score (nSPS) is 14.1. The maximum absolute atomic E-state index is 10.2. The Morgan fingerprint density at radius 1 is 1.26 bits per heavy atom. The lowest BCUT2D eigenvalue weighted by molar-refractivity contribution is 0.167. The molecule has 0 aliphatic carbocycles. The number of halogens is 1. The number of aryl methyl sites for hydroxylation is 1. The second-order valence-electron chi connectivity index (χ2n) is 5.19. The fourth-order valence-corrected chi connectivity index (χ4v) is 2.34. The fourth-order valence-electron chi connectivity index (χ4n) is 1.76. The molecule has 0 saturated carbocycles. The minimum absolute atomic E-state index is 0. The van der Waals surface area contributed by atoms with Crippen molar-refractivity contribution in [2.24, 2.45) is 5.92 Å². The molecule has 2 nitrogen and oxygen atoms in total. The van der Waals surface area contributed by atoms with Crippen LogP contribution >= 0.6 is 24.2 Å². The van der Waals surface area contributed by atoms with E-state index in [2.05, 4.69) is 51.4 Å². The SMILES string of the molecule is CSc1ccc(C(O)CNC(C)C(C)C)cc1C.Cl. The van der Waals surface area contributed by atoms with E-state index >= 15 is 0 Å². The van der Waals surface area contributed by atoms with Gasteiger partial charge in [-0.15, -0.1) is 24.2 Å². The second-order valence-corrected chi connectivity index (χ2v) is 6.03. The van der Waals surface area contributed by atoms with Gasteiger partial charge in [-0.05, 0) is 43.2 Å². The molecule has 1 aromatic carbocycles. The molecule has 0 aromatic heterocycles. The van der Waals surface area contributed by atoms with Gasteiger partial charge in [0.2, 0.25) is 0 Å². The average molecular weight is 304 g/mol. The summed E-state index contributed by atoms with van der Waals surface area (Å²) in [6.45, 7) is 9.21. The van der Waals surface area contributed by atoms with Crippen LogP contribution in [0.1, 0.15) is 38.0 Å². The predicted octanol–water partition coefficient (Wildman–Crippen LogP) is 3.81. The molecular weight excluding hydrogens is 278 g/mol. The Labute approximate surface area is 127 Å². The molecule has 0 heterocycles. The van der Waals surface area contributed by atoms with Crippen LogP contribution in [0.4, 0.5) is 0 Å². The molecule has 0 saturated heterocycles. The Bertz CT molecular complexity index is 384. The Kier molecular flexibility index (Phi) is 8.75. The second kappa shape index (κ2) is 8.85. The predicted molar refractivity (Wildman–Crippen MR) is 87.5 cm³/mol. The highest BCUT2D eigenvalue weighted by Gasteiger charge is 2.12. The first-order valence-corrected chi connectivity index (χ1v) is 7.74. The Morgan fingerprint density at radius 3 is 2.37 bits per heavy atom. The van der Waals surface area contributed by atoms with Crippen molar-refractivity contribution in [1.82, 2.24) is 5.32 Å². The zero-order valence-electron chi connectivity index (χ0n) is 12.4. The summed E-state index contributed by atoms with van der Waals surface area (Å²) in [5.74, 6) is 0.581. The van der Waals surface area contributed by atoms with Crippen molar-refractivity contribution in [3.05, 3.63) is 29.3 Å². The minimum Gasteiger partial charge on any atom is -0.387 e. The summed E-state index contributed by atoms with van der Waals surface area (Å²) >= 11 is 1.74. The number of aliphatic hydroxyl groups is 1. The third-order valence-corrected chi connectivity index (χ3v) is 4.33. The highest BCUT2D eigenvalue weighted by molar-refractivity contribution is 7.98. The van der Waals surface area contributed by atoms with Gasteiger partial charge in [0.05, 0.1) is 6.10 Å². The molecule has 0 amide bonds. The average Bonchev–Trinajstić information content (AvgIpc) is 2.35. The van der Waals surface area contributed by atoms with E-state index in [9.17, 15) is 5.11 Å². The van der Waals surface area contributed by atoms with Gasteiger partial charge < -0.3 is 10.4 Å². The van der Waals surface area contributed by atoms with Crippen molar-refractivity contribution >= 4 is 24.2 Å². The van der Waals surface area contributed by atoms with E-state index in [0.717, 1.165) is 5.56 Å². The number of hydrogen-bond donors (Lipinski definition) is 2. The van der Waals surface area contributed by atoms with E-state index in [1.165, 1.54) is 10.5 Å². The number of nitrogens with one attached hydrogen (secondary N) is 1. The lowest BCUT2D eigenvalue weighted by atomic mass is 10.0. The van der Waals surface area contributed by atoms with E-state index in [-0.39, 0.29) is 12.4 Å². The van der Waals surface area contributed by atoms with Gasteiger partial charge in [-0.25, -0.2) is 0 Å². The summed E-state index contributed by atoms with van der Waals surface area (Å²) in [7, 11) is 0. The zero-order chi connectivity index (χ0) is 13.7. The molecule has 0 bridgehead atoms. The molecule has 1 rings (SSSR count). The molecule has 0 spiro atoms. The van der Waals surface area contributed by atoms with Crippen molar-refractivity contribution in [3.63, 3.8) is 0 Å². The van der Waals surface area contributed by atoms with Gasteiger partial charge in [0.15, 0.2) is 0 Å². The van der Waals surface area contributed by atoms with Crippen LogP contribution in [-0.4, -0.2) is 23.9 Å². The molecule has 0 fully saturated rings. The van der Waals surface area contributed by atoms with Gasteiger partial charge in [-0.2, -0.15) is 0 Å². The summed E-state index contributed by atoms with van der Waals surface area (Å²) in [6.07, 6.45) is 1.64. The van der Waals surface area contributed by atoms with Crippen LogP contribution in [0.25, 0.3) is 0 Å². The van der Waals surface area contributed by atoms with Crippen LogP contribution in [-0.2, 0) is 0 Å². The van der Waals surface area contributed by atoms with Crippen molar-refractivity contribution in [2.75, 3.05) is 12.8 Å². The highest BCUT2D eigenvalue weighted by atomic mass is 35.5. The lowest BCUT2D eigenvalue weighted by Gasteiger charge is -2.20. The molecule has 0 aliphatic heterocycles. The van der Waals surface area contributed by atoms with Gasteiger partial charge in [0, 0.05) is 17.5 Å². The molecule has 19 heavy (non-hydrogen) atoms. The van der Waals surface area contributed by atoms with E-state index in [1.54, 1.807) is 11.8 Å². The molecule has 110 valence electrons. The summed E-state index contributed by atoms with van der Waals surface area (Å²) in [4.78, 5) is 1.27. The molecule has 4 heteroatoms. The highest BCUT2D eigenvalue weighted by Crippen LogP contribution is 2.23. The number of benzene rings is 1. The zero-order valence-corrected chi connectivity index (χ0v) is 14.1. The topological polar surface area (TPSA) is 32.3 Å². The molecule has 2 N–H and O–H groups in total. The summed E-state index contributed by atoms with van der Waals surface area (Å²) in [5.41, 5.74) is 2.23. The van der Waals surface area contributed by atoms with Crippen LogP contribution in [0.3, 0.4) is 0 Å². The van der Waals surface area contributed by atoms with Gasteiger partial charge in [-0.3, -0.25) is 0 Å². The Morgan fingerprint density at radius 2 is 1.89 bits per heavy atom. The third kappa shape index (κ3) is 5.74. The summed E-state index contributed by atoms with van der Waals surface area (Å²) in [6, 6.07) is 6.61. The van der Waals surface area contributed by atoms with Crippen LogP contribution in [0.2, 0.25) is 0 Å². The first-order chi connectivity index (χ1) is 8.45. The van der Waals surface area contributed by atoms with Gasteiger partial charge in [0.25, 0.3) is 0 Å². The van der Waals surface area contributed by atoms with Crippen molar-refractivity contribution in [1.29, 1.82) is 0 Å². The Hall–Kier alpha value is -0.220. The van der Waals surface area contributed by atoms with Crippen LogP contribution in [0.15, 0.2) is 23.1 Å². The van der Waals surface area contributed by atoms with E-state index in [4.69, 9.17) is 0 Å². The van der Waals surface area contributed by atoms with Crippen molar-refractivity contribution < 1.29 is 5.11 Å². The molecular formula is C15H26ClNOS. The van der Waals surface area contributed by atoms with E-state index in [1.807, 2.05) is 6.07 Å². The lowest BCUT2D eigenvalue weighted by Crippen LogP contribution is -2.34. The van der Waals surface area contributed by atoms with Crippen LogP contribution < -0.4 is 5.32 Å². The maximum atomic E-state index is 10.2. The molecule has 2 unspecified atom stereocenters. The molecule has 0 radical (unpaired) electrons. The minimum atomic E-state index is -0.430. The van der Waals surface area contributed by atoms with E-state index < -0.39 is 6.10 Å². The van der Waals surface area contributed by atoms with Crippen LogP contribution in [0.5, 0.6) is 0 Å². The third-order valence-electron chi connectivity index (χ3n) is 3.44. The molecule has 1 aromatic rings. The number of hydrogen-bond acceptors (Lipinski definition) is 3. The summed E-state index contributed by atoms with van der Waals surface area (Å²) < 4.78 is 0.